The molecule has 0 aromatic carbocycles. The molecule has 36 heavy (non-hydrogen) atoms. The lowest BCUT2D eigenvalue weighted by molar-refractivity contribution is -0.176. The van der Waals surface area contributed by atoms with Crippen LogP contribution in [0.1, 0.15) is 33.1 Å². The molecule has 0 aliphatic carbocycles. The van der Waals surface area contributed by atoms with Gasteiger partial charge in [-0.2, -0.15) is 26.3 Å². The monoisotopic (exact) mass is 533 g/mol. The molecule has 4 amide bonds. The Kier molecular flexibility index (Phi) is 9.20. The molecule has 2 rings (SSSR count). The third kappa shape index (κ3) is 7.21. The number of alkyl halides is 6. The number of nitrogens with zero attached hydrogens (tertiary/aromatic N) is 1. The number of likely N-dealkylation sites (tertiary alicyclic amines) is 1. The van der Waals surface area contributed by atoms with Crippen molar-refractivity contribution < 1.29 is 50.6 Å². The Hall–Kier alpha value is -2.62. The van der Waals surface area contributed by atoms with Crippen LogP contribution < -0.4 is 21.7 Å². The van der Waals surface area contributed by atoms with E-state index in [-0.39, 0.29) is 6.42 Å². The van der Waals surface area contributed by atoms with Crippen LogP contribution >= 0.6 is 0 Å². The van der Waals surface area contributed by atoms with Crippen molar-refractivity contribution in [1.29, 1.82) is 0 Å². The Morgan fingerprint density at radius 1 is 1.11 bits per heavy atom. The maximum atomic E-state index is 13.5. The molecule has 206 valence electrons. The fraction of sp³-hybridized carbons (Fsp3) is 0.800. The minimum absolute atomic E-state index is 0.130. The van der Waals surface area contributed by atoms with Gasteiger partial charge in [0, 0.05) is 12.5 Å². The summed E-state index contributed by atoms with van der Waals surface area (Å²) in [7, 11) is 0. The van der Waals surface area contributed by atoms with E-state index in [2.05, 4.69) is 10.6 Å². The Labute approximate surface area is 202 Å². The molecule has 6 atom stereocenters. The second kappa shape index (κ2) is 11.2. The molecular weight excluding hydrogens is 504 g/mol. The number of amides is 4. The zero-order valence-electron chi connectivity index (χ0n) is 19.4. The standard InChI is InChI=1S/C20H29F6N5O5/c1-8(2)13(30-18(36)20(24,25)26)17(35)31-7-10(19(21,22)23)6-12(31)16(34)29-11(14(27)32)5-9-3-4-28-15(9)33/h8-13,15,28,33H,3-7H2,1-2H3,(H2,27,32)(H,29,34)(H,30,36)/t9-,10+,11-,12-,13-,15?/m0/s1. The number of nitrogens with two attached hydrogens (primary N) is 1. The zero-order chi connectivity index (χ0) is 27.6. The van der Waals surface area contributed by atoms with Crippen molar-refractivity contribution in [2.75, 3.05) is 13.1 Å². The minimum Gasteiger partial charge on any atom is -0.378 e. The van der Waals surface area contributed by atoms with E-state index >= 15 is 0 Å². The molecule has 2 fully saturated rings. The van der Waals surface area contributed by atoms with Crippen LogP contribution in [0.5, 0.6) is 0 Å². The third-order valence-electron chi connectivity index (χ3n) is 6.34. The molecule has 0 bridgehead atoms. The second-order valence-electron chi connectivity index (χ2n) is 9.32. The van der Waals surface area contributed by atoms with Gasteiger partial charge in [0.2, 0.25) is 17.7 Å². The molecule has 0 saturated carbocycles. The van der Waals surface area contributed by atoms with Gasteiger partial charge in [-0.3, -0.25) is 24.5 Å². The summed E-state index contributed by atoms with van der Waals surface area (Å²) in [6.45, 7) is 1.94. The summed E-state index contributed by atoms with van der Waals surface area (Å²) in [6, 6.07) is -5.04. The van der Waals surface area contributed by atoms with Gasteiger partial charge in [0.05, 0.1) is 5.92 Å². The average Bonchev–Trinajstić information content (AvgIpc) is 3.36. The number of aliphatic hydroxyl groups is 1. The van der Waals surface area contributed by atoms with Crippen molar-refractivity contribution in [2.45, 2.75) is 69.8 Å². The van der Waals surface area contributed by atoms with Crippen molar-refractivity contribution >= 4 is 23.6 Å². The average molecular weight is 533 g/mol. The first-order chi connectivity index (χ1) is 16.4. The lowest BCUT2D eigenvalue weighted by Gasteiger charge is -2.31. The van der Waals surface area contributed by atoms with E-state index < -0.39 is 91.1 Å². The molecule has 6 N–H and O–H groups in total. The maximum absolute atomic E-state index is 13.5. The van der Waals surface area contributed by atoms with Gasteiger partial charge in [-0.15, -0.1) is 0 Å². The van der Waals surface area contributed by atoms with E-state index in [1.54, 1.807) is 0 Å². The Morgan fingerprint density at radius 2 is 1.72 bits per heavy atom. The number of rotatable bonds is 8. The van der Waals surface area contributed by atoms with Crippen LogP contribution in [0.15, 0.2) is 0 Å². The Balaban J connectivity index is 2.27. The van der Waals surface area contributed by atoms with Crippen LogP contribution in [0.4, 0.5) is 26.3 Å². The fourth-order valence-corrected chi connectivity index (χ4v) is 4.29. The molecule has 2 aliphatic heterocycles. The summed E-state index contributed by atoms with van der Waals surface area (Å²) in [5, 5.41) is 16.3. The van der Waals surface area contributed by atoms with Gasteiger partial charge in [-0.25, -0.2) is 0 Å². The second-order valence-corrected chi connectivity index (χ2v) is 9.32. The van der Waals surface area contributed by atoms with E-state index in [9.17, 15) is 50.6 Å². The highest BCUT2D eigenvalue weighted by molar-refractivity contribution is 5.95. The molecule has 1 unspecified atom stereocenters. The number of halogens is 6. The first-order valence-corrected chi connectivity index (χ1v) is 11.2. The summed E-state index contributed by atoms with van der Waals surface area (Å²) in [5.74, 6) is -9.58. The van der Waals surface area contributed by atoms with Crippen molar-refractivity contribution in [3.63, 3.8) is 0 Å². The third-order valence-corrected chi connectivity index (χ3v) is 6.34. The highest BCUT2D eigenvalue weighted by Gasteiger charge is 2.53. The minimum atomic E-state index is -5.35. The van der Waals surface area contributed by atoms with Crippen LogP contribution in [-0.2, 0) is 19.2 Å². The molecule has 2 heterocycles. The summed E-state index contributed by atoms with van der Waals surface area (Å²) >= 11 is 0. The normalized spacial score (nSPS) is 26.6. The highest BCUT2D eigenvalue weighted by atomic mass is 19.4. The van der Waals surface area contributed by atoms with E-state index in [0.29, 0.717) is 17.9 Å². The van der Waals surface area contributed by atoms with Gasteiger partial charge >= 0.3 is 18.3 Å². The molecule has 10 nitrogen and oxygen atoms in total. The molecule has 2 saturated heterocycles. The van der Waals surface area contributed by atoms with Gasteiger partial charge < -0.3 is 26.4 Å². The number of carbonyl (C=O) groups is 4. The quantitative estimate of drug-likeness (QED) is 0.272. The first-order valence-electron chi connectivity index (χ1n) is 11.2. The number of primary amides is 1. The molecule has 0 spiro atoms. The lowest BCUT2D eigenvalue weighted by Crippen LogP contribution is -2.58. The van der Waals surface area contributed by atoms with E-state index in [0.717, 1.165) is 0 Å². The molecule has 0 aromatic rings. The van der Waals surface area contributed by atoms with Crippen LogP contribution in [-0.4, -0.2) is 83.4 Å². The summed E-state index contributed by atoms with van der Waals surface area (Å²) in [4.78, 5) is 49.8. The molecule has 0 aromatic heterocycles. The number of hydrogen-bond donors (Lipinski definition) is 5. The van der Waals surface area contributed by atoms with Crippen LogP contribution in [0.2, 0.25) is 0 Å². The van der Waals surface area contributed by atoms with E-state index in [4.69, 9.17) is 5.73 Å². The van der Waals surface area contributed by atoms with Crippen molar-refractivity contribution in [3.8, 4) is 0 Å². The number of aliphatic hydroxyl groups excluding tert-OH is 1. The number of hydrogen-bond acceptors (Lipinski definition) is 6. The SMILES string of the molecule is CC(C)[C@H](NC(=O)C(F)(F)F)C(=O)N1C[C@H](C(F)(F)F)C[C@H]1C(=O)N[C@@H](C[C@@H]1CCNC1O)C(N)=O. The zero-order valence-corrected chi connectivity index (χ0v) is 19.4. The smallest absolute Gasteiger partial charge is 0.378 e. The number of nitrogens with one attached hydrogen (secondary N) is 3. The van der Waals surface area contributed by atoms with Gasteiger partial charge in [-0.05, 0) is 31.7 Å². The molecular formula is C20H29F6N5O5. The maximum Gasteiger partial charge on any atom is 0.471 e. The van der Waals surface area contributed by atoms with Gasteiger partial charge in [0.25, 0.3) is 0 Å². The van der Waals surface area contributed by atoms with Crippen molar-refractivity contribution in [3.05, 3.63) is 0 Å². The van der Waals surface area contributed by atoms with E-state index in [1.165, 1.54) is 19.2 Å². The van der Waals surface area contributed by atoms with Crippen LogP contribution in [0.3, 0.4) is 0 Å². The first kappa shape index (κ1) is 29.6. The lowest BCUT2D eigenvalue weighted by atomic mass is 9.96. The van der Waals surface area contributed by atoms with Gasteiger partial charge in [-0.1, -0.05) is 13.8 Å². The topological polar surface area (TPSA) is 154 Å². The highest BCUT2D eigenvalue weighted by Crippen LogP contribution is 2.37. The predicted molar refractivity (Wildman–Crippen MR) is 110 cm³/mol. The molecule has 16 heteroatoms. The van der Waals surface area contributed by atoms with Crippen molar-refractivity contribution in [1.82, 2.24) is 20.9 Å². The van der Waals surface area contributed by atoms with Crippen molar-refractivity contribution in [2.24, 2.45) is 23.5 Å². The summed E-state index contributed by atoms with van der Waals surface area (Å²) in [6.07, 6.45) is -11.8. The predicted octanol–water partition coefficient (Wildman–Crippen LogP) is -0.243. The summed E-state index contributed by atoms with van der Waals surface area (Å²) < 4.78 is 78.6. The van der Waals surface area contributed by atoms with Crippen LogP contribution in [0.25, 0.3) is 0 Å². The molecule has 2 aliphatic rings. The van der Waals surface area contributed by atoms with Gasteiger partial charge in [0.15, 0.2) is 0 Å². The number of carbonyl (C=O) groups excluding carboxylic acids is 4. The van der Waals surface area contributed by atoms with E-state index in [1.807, 2.05) is 0 Å². The van der Waals surface area contributed by atoms with Crippen LogP contribution in [0, 0.1) is 17.8 Å². The van der Waals surface area contributed by atoms with Gasteiger partial charge in [0.1, 0.15) is 24.4 Å². The molecule has 0 radical (unpaired) electrons. The fourth-order valence-electron chi connectivity index (χ4n) is 4.29. The largest absolute Gasteiger partial charge is 0.471 e. The Bertz CT molecular complexity index is 852. The Morgan fingerprint density at radius 3 is 2.17 bits per heavy atom. The summed E-state index contributed by atoms with van der Waals surface area (Å²) in [5.41, 5.74) is 5.31.